The second kappa shape index (κ2) is 5.58. The van der Waals surface area contributed by atoms with Crippen LogP contribution in [0.3, 0.4) is 0 Å². The third kappa shape index (κ3) is 3.45. The Labute approximate surface area is 81.3 Å². The molecule has 0 aromatic heterocycles. The number of hydrogen-bond acceptors (Lipinski definition) is 0. The zero-order valence-electron chi connectivity index (χ0n) is 8.59. The van der Waals surface area contributed by atoms with E-state index in [0.29, 0.717) is 0 Å². The molecule has 1 rings (SSSR count). The average Bonchev–Trinajstić information content (AvgIpc) is 2.17. The van der Waals surface area contributed by atoms with Crippen molar-refractivity contribution in [2.45, 2.75) is 33.1 Å². The van der Waals surface area contributed by atoms with Gasteiger partial charge in [0.2, 0.25) is 0 Å². The van der Waals surface area contributed by atoms with Crippen LogP contribution in [0.2, 0.25) is 0 Å². The predicted octanol–water partition coefficient (Wildman–Crippen LogP) is 4.06. The molecule has 0 spiro atoms. The number of allylic oxidation sites excluding steroid dienone is 1. The highest BCUT2D eigenvalue weighted by Crippen LogP contribution is 2.08. The van der Waals surface area contributed by atoms with E-state index in [4.69, 9.17) is 0 Å². The average molecular weight is 174 g/mol. The van der Waals surface area contributed by atoms with Crippen molar-refractivity contribution < 1.29 is 0 Å². The van der Waals surface area contributed by atoms with E-state index in [2.05, 4.69) is 43.3 Å². The van der Waals surface area contributed by atoms with Gasteiger partial charge in [0, 0.05) is 0 Å². The molecule has 13 heavy (non-hydrogen) atoms. The Kier molecular flexibility index (Phi) is 4.31. The molecule has 0 aliphatic carbocycles. The Balaban J connectivity index is 2.58. The van der Waals surface area contributed by atoms with Crippen LogP contribution in [0.1, 0.15) is 37.8 Å². The number of rotatable bonds is 4. The maximum absolute atomic E-state index is 2.23. The van der Waals surface area contributed by atoms with Gasteiger partial charge in [-0.3, -0.25) is 0 Å². The van der Waals surface area contributed by atoms with Crippen LogP contribution in [0.15, 0.2) is 30.3 Å². The van der Waals surface area contributed by atoms with Crippen LogP contribution in [-0.4, -0.2) is 0 Å². The highest BCUT2D eigenvalue weighted by molar-refractivity contribution is 5.49. The Morgan fingerprint density at radius 1 is 1.15 bits per heavy atom. The molecular weight excluding hydrogens is 156 g/mol. The molecule has 0 nitrogen and oxygen atoms in total. The molecule has 0 N–H and O–H groups in total. The van der Waals surface area contributed by atoms with Gasteiger partial charge in [-0.25, -0.2) is 0 Å². The molecule has 0 saturated heterocycles. The molecule has 0 radical (unpaired) electrons. The predicted molar refractivity (Wildman–Crippen MR) is 59.8 cm³/mol. The normalized spacial score (nSPS) is 10.9. The molecule has 0 heteroatoms. The lowest BCUT2D eigenvalue weighted by Crippen LogP contribution is -1.83. The maximum Gasteiger partial charge on any atom is -0.0260 e. The van der Waals surface area contributed by atoms with Crippen LogP contribution in [0, 0.1) is 0 Å². The minimum atomic E-state index is 1.21. The first-order valence-corrected chi connectivity index (χ1v) is 5.08. The van der Waals surface area contributed by atoms with Crippen LogP contribution < -0.4 is 0 Å². The molecule has 0 heterocycles. The van der Waals surface area contributed by atoms with E-state index in [0.717, 1.165) is 0 Å². The van der Waals surface area contributed by atoms with Gasteiger partial charge >= 0.3 is 0 Å². The second-order valence-electron chi connectivity index (χ2n) is 3.35. The van der Waals surface area contributed by atoms with E-state index in [1.54, 1.807) is 0 Å². The van der Waals surface area contributed by atoms with Gasteiger partial charge in [0.1, 0.15) is 0 Å². The minimum Gasteiger partial charge on any atom is -0.0871 e. The second-order valence-corrected chi connectivity index (χ2v) is 3.35. The monoisotopic (exact) mass is 174 g/mol. The van der Waals surface area contributed by atoms with Crippen LogP contribution in [0.4, 0.5) is 0 Å². The van der Waals surface area contributed by atoms with Crippen LogP contribution >= 0.6 is 0 Å². The summed E-state index contributed by atoms with van der Waals surface area (Å²) in [6.07, 6.45) is 7.98. The highest BCUT2D eigenvalue weighted by atomic mass is 14.0. The summed E-state index contributed by atoms with van der Waals surface area (Å²) < 4.78 is 0. The molecule has 0 fully saturated rings. The fourth-order valence-electron chi connectivity index (χ4n) is 1.37. The summed E-state index contributed by atoms with van der Waals surface area (Å²) in [5.74, 6) is 0. The van der Waals surface area contributed by atoms with E-state index in [1.165, 1.54) is 30.4 Å². The Morgan fingerprint density at radius 3 is 2.38 bits per heavy atom. The van der Waals surface area contributed by atoms with Crippen molar-refractivity contribution in [1.82, 2.24) is 0 Å². The number of hydrogen-bond donors (Lipinski definition) is 0. The van der Waals surface area contributed by atoms with Gasteiger partial charge in [-0.2, -0.15) is 0 Å². The van der Waals surface area contributed by atoms with E-state index in [1.807, 2.05) is 6.92 Å². The molecule has 1 aromatic rings. The smallest absolute Gasteiger partial charge is 0.0260 e. The fourth-order valence-corrected chi connectivity index (χ4v) is 1.37. The summed E-state index contributed by atoms with van der Waals surface area (Å²) in [6.45, 7) is 4.28. The van der Waals surface area contributed by atoms with Gasteiger partial charge in [0.05, 0.1) is 0 Å². The zero-order chi connectivity index (χ0) is 9.52. The highest BCUT2D eigenvalue weighted by Gasteiger charge is 1.91. The molecule has 0 saturated carbocycles. The van der Waals surface area contributed by atoms with Crippen molar-refractivity contribution in [2.24, 2.45) is 0 Å². The Morgan fingerprint density at radius 2 is 1.85 bits per heavy atom. The summed E-state index contributed by atoms with van der Waals surface area (Å²) in [5, 5.41) is 0. The molecule has 0 bridgehead atoms. The molecule has 0 aliphatic rings. The van der Waals surface area contributed by atoms with Crippen LogP contribution in [0.25, 0.3) is 6.08 Å². The van der Waals surface area contributed by atoms with E-state index >= 15 is 0 Å². The molecule has 0 aliphatic heterocycles. The third-order valence-electron chi connectivity index (χ3n) is 2.16. The zero-order valence-corrected chi connectivity index (χ0v) is 8.59. The van der Waals surface area contributed by atoms with Crippen molar-refractivity contribution in [1.29, 1.82) is 0 Å². The summed E-state index contributed by atoms with van der Waals surface area (Å²) >= 11 is 0. The molecule has 1 aromatic carbocycles. The lowest BCUT2D eigenvalue weighted by molar-refractivity contribution is 0.795. The fraction of sp³-hybridized carbons (Fsp3) is 0.385. The van der Waals surface area contributed by atoms with Crippen molar-refractivity contribution in [3.8, 4) is 0 Å². The number of aryl methyl sites for hydroxylation is 1. The molecule has 0 amide bonds. The van der Waals surface area contributed by atoms with Crippen LogP contribution in [-0.2, 0) is 6.42 Å². The van der Waals surface area contributed by atoms with E-state index in [9.17, 15) is 0 Å². The largest absolute Gasteiger partial charge is 0.0871 e. The standard InChI is InChI=1S/C13H18/c1-3-5-7-13-10-8-12(6-4-2)9-11-13/h4,6,8-11H,3,5,7H2,1-2H3. The molecule has 0 atom stereocenters. The maximum atomic E-state index is 2.23. The summed E-state index contributed by atoms with van der Waals surface area (Å²) in [6, 6.07) is 8.83. The van der Waals surface area contributed by atoms with Crippen molar-refractivity contribution in [2.75, 3.05) is 0 Å². The van der Waals surface area contributed by atoms with E-state index in [-0.39, 0.29) is 0 Å². The topological polar surface area (TPSA) is 0 Å². The molecule has 70 valence electrons. The quantitative estimate of drug-likeness (QED) is 0.645. The first kappa shape index (κ1) is 10.0. The van der Waals surface area contributed by atoms with Crippen molar-refractivity contribution in [3.05, 3.63) is 41.5 Å². The first-order chi connectivity index (χ1) is 6.36. The van der Waals surface area contributed by atoms with Gasteiger partial charge in [-0.15, -0.1) is 0 Å². The lowest BCUT2D eigenvalue weighted by Gasteiger charge is -1.99. The summed E-state index contributed by atoms with van der Waals surface area (Å²) in [7, 11) is 0. The van der Waals surface area contributed by atoms with Gasteiger partial charge in [0.15, 0.2) is 0 Å². The van der Waals surface area contributed by atoms with Gasteiger partial charge in [-0.1, -0.05) is 49.8 Å². The van der Waals surface area contributed by atoms with Gasteiger partial charge in [-0.05, 0) is 30.9 Å². The third-order valence-corrected chi connectivity index (χ3v) is 2.16. The number of unbranched alkanes of at least 4 members (excludes halogenated alkanes) is 1. The first-order valence-electron chi connectivity index (χ1n) is 5.08. The van der Waals surface area contributed by atoms with E-state index < -0.39 is 0 Å². The van der Waals surface area contributed by atoms with Crippen LogP contribution in [0.5, 0.6) is 0 Å². The Bertz CT molecular complexity index is 254. The Hall–Kier alpha value is -1.04. The summed E-state index contributed by atoms with van der Waals surface area (Å²) in [4.78, 5) is 0. The van der Waals surface area contributed by atoms with Crippen molar-refractivity contribution >= 4 is 6.08 Å². The van der Waals surface area contributed by atoms with Gasteiger partial charge in [0.25, 0.3) is 0 Å². The van der Waals surface area contributed by atoms with Crippen molar-refractivity contribution in [3.63, 3.8) is 0 Å². The SMILES string of the molecule is CC=Cc1ccc(CCCC)cc1. The lowest BCUT2D eigenvalue weighted by atomic mass is 10.1. The molecular formula is C13H18. The molecule has 0 unspecified atom stereocenters. The minimum absolute atomic E-state index is 1.21. The van der Waals surface area contributed by atoms with Gasteiger partial charge < -0.3 is 0 Å². The summed E-state index contributed by atoms with van der Waals surface area (Å²) in [5.41, 5.74) is 2.75. The number of benzene rings is 1.